The lowest BCUT2D eigenvalue weighted by molar-refractivity contribution is -0.128. The van der Waals surface area contributed by atoms with Crippen LogP contribution in [0.5, 0.6) is 0 Å². The second-order valence-corrected chi connectivity index (χ2v) is 4.12. The molecule has 0 aliphatic heterocycles. The van der Waals surface area contributed by atoms with Crippen molar-refractivity contribution in [2.24, 2.45) is 7.05 Å². The number of fused-ring (bicyclic) bond motifs is 1. The molecule has 1 amide bonds. The molecule has 0 bridgehead atoms. The molecule has 6 heteroatoms. The molecule has 0 spiro atoms. The predicted molar refractivity (Wildman–Crippen MR) is 65.0 cm³/mol. The van der Waals surface area contributed by atoms with Gasteiger partial charge in [-0.1, -0.05) is 6.07 Å². The zero-order valence-corrected chi connectivity index (χ0v) is 10.1. The van der Waals surface area contributed by atoms with E-state index in [2.05, 4.69) is 5.32 Å². The van der Waals surface area contributed by atoms with E-state index in [-0.39, 0.29) is 0 Å². The number of benzene rings is 1. The van der Waals surface area contributed by atoms with E-state index in [1.165, 1.54) is 11.5 Å². The number of nitrogens with one attached hydrogen (secondary N) is 1. The van der Waals surface area contributed by atoms with Gasteiger partial charge in [0.1, 0.15) is 6.10 Å². The normalized spacial score (nSPS) is 12.6. The SMILES string of the molecule is CC(O)C(=O)NCc1ccc2oc(=O)n(C)c2c1. The lowest BCUT2D eigenvalue weighted by Gasteiger charge is -2.07. The van der Waals surface area contributed by atoms with Crippen LogP contribution >= 0.6 is 0 Å². The molecular weight excluding hydrogens is 236 g/mol. The fraction of sp³-hybridized carbons (Fsp3) is 0.333. The molecule has 1 aromatic carbocycles. The summed E-state index contributed by atoms with van der Waals surface area (Å²) in [5.41, 5.74) is 2.00. The van der Waals surface area contributed by atoms with E-state index in [0.29, 0.717) is 17.6 Å². The molecule has 0 aliphatic rings. The Bertz CT molecular complexity index is 639. The van der Waals surface area contributed by atoms with Gasteiger partial charge in [-0.25, -0.2) is 4.79 Å². The van der Waals surface area contributed by atoms with Gasteiger partial charge in [0.25, 0.3) is 0 Å². The van der Waals surface area contributed by atoms with Gasteiger partial charge in [-0.15, -0.1) is 0 Å². The van der Waals surface area contributed by atoms with Crippen molar-refractivity contribution in [3.05, 3.63) is 34.3 Å². The van der Waals surface area contributed by atoms with E-state index in [1.807, 2.05) is 0 Å². The van der Waals surface area contributed by atoms with Crippen LogP contribution in [0.4, 0.5) is 0 Å². The highest BCUT2D eigenvalue weighted by Crippen LogP contribution is 2.14. The lowest BCUT2D eigenvalue weighted by Crippen LogP contribution is -2.31. The molecule has 2 rings (SSSR count). The Morgan fingerprint density at radius 2 is 2.28 bits per heavy atom. The summed E-state index contributed by atoms with van der Waals surface area (Å²) in [7, 11) is 1.62. The maximum absolute atomic E-state index is 11.3. The van der Waals surface area contributed by atoms with Gasteiger partial charge in [0, 0.05) is 13.6 Å². The van der Waals surface area contributed by atoms with Gasteiger partial charge in [0.2, 0.25) is 5.91 Å². The van der Waals surface area contributed by atoms with Crippen molar-refractivity contribution in [1.29, 1.82) is 0 Å². The molecule has 2 N–H and O–H groups in total. The van der Waals surface area contributed by atoms with E-state index >= 15 is 0 Å². The Hall–Kier alpha value is -2.08. The third-order valence-corrected chi connectivity index (χ3v) is 2.70. The van der Waals surface area contributed by atoms with Crippen molar-refractivity contribution in [3.63, 3.8) is 0 Å². The number of aliphatic hydroxyl groups excluding tert-OH is 1. The maximum atomic E-state index is 11.3. The molecular formula is C12H14N2O4. The van der Waals surface area contributed by atoms with Gasteiger partial charge in [-0.2, -0.15) is 0 Å². The van der Waals surface area contributed by atoms with E-state index in [1.54, 1.807) is 25.2 Å². The van der Waals surface area contributed by atoms with Crippen molar-refractivity contribution in [3.8, 4) is 0 Å². The first-order chi connectivity index (χ1) is 8.49. The van der Waals surface area contributed by atoms with Crippen LogP contribution in [-0.4, -0.2) is 21.7 Å². The molecule has 1 aromatic heterocycles. The molecule has 2 aromatic rings. The number of rotatable bonds is 3. The minimum Gasteiger partial charge on any atom is -0.408 e. The van der Waals surface area contributed by atoms with Gasteiger partial charge < -0.3 is 14.8 Å². The predicted octanol–water partition coefficient (Wildman–Crippen LogP) is 0.128. The molecule has 96 valence electrons. The number of oxazole rings is 1. The average Bonchev–Trinajstić information content (AvgIpc) is 2.62. The zero-order valence-electron chi connectivity index (χ0n) is 10.1. The number of nitrogens with zero attached hydrogens (tertiary/aromatic N) is 1. The van der Waals surface area contributed by atoms with Crippen LogP contribution in [0.15, 0.2) is 27.4 Å². The topological polar surface area (TPSA) is 84.5 Å². The van der Waals surface area contributed by atoms with E-state index in [0.717, 1.165) is 5.56 Å². The van der Waals surface area contributed by atoms with Crippen molar-refractivity contribution < 1.29 is 14.3 Å². The summed E-state index contributed by atoms with van der Waals surface area (Å²) in [6.45, 7) is 1.69. The fourth-order valence-electron chi connectivity index (χ4n) is 1.62. The van der Waals surface area contributed by atoms with Crippen LogP contribution in [0.3, 0.4) is 0 Å². The summed E-state index contributed by atoms with van der Waals surface area (Å²) in [6.07, 6.45) is -1.04. The number of hydrogen-bond donors (Lipinski definition) is 2. The number of aryl methyl sites for hydroxylation is 1. The maximum Gasteiger partial charge on any atom is 0.419 e. The molecule has 18 heavy (non-hydrogen) atoms. The summed E-state index contributed by atoms with van der Waals surface area (Å²) in [5.74, 6) is -0.855. The smallest absolute Gasteiger partial charge is 0.408 e. The highest BCUT2D eigenvalue weighted by molar-refractivity contribution is 5.80. The van der Waals surface area contributed by atoms with Crippen LogP contribution in [-0.2, 0) is 18.4 Å². The number of carbonyl (C=O) groups is 1. The summed E-state index contributed by atoms with van der Waals surface area (Å²) < 4.78 is 6.40. The van der Waals surface area contributed by atoms with Crippen LogP contribution in [0.2, 0.25) is 0 Å². The summed E-state index contributed by atoms with van der Waals surface area (Å²) in [5, 5.41) is 11.6. The molecule has 1 heterocycles. The molecule has 0 saturated heterocycles. The van der Waals surface area contributed by atoms with Crippen molar-refractivity contribution >= 4 is 17.0 Å². The van der Waals surface area contributed by atoms with E-state index in [4.69, 9.17) is 9.52 Å². The first kappa shape index (κ1) is 12.4. The molecule has 0 radical (unpaired) electrons. The van der Waals surface area contributed by atoms with E-state index < -0.39 is 17.8 Å². The summed E-state index contributed by atoms with van der Waals surface area (Å²) in [6, 6.07) is 5.21. The van der Waals surface area contributed by atoms with Crippen LogP contribution in [0.1, 0.15) is 12.5 Å². The fourth-order valence-corrected chi connectivity index (χ4v) is 1.62. The third-order valence-electron chi connectivity index (χ3n) is 2.70. The van der Waals surface area contributed by atoms with Crippen molar-refractivity contribution in [2.75, 3.05) is 0 Å². The van der Waals surface area contributed by atoms with Crippen molar-refractivity contribution in [2.45, 2.75) is 19.6 Å². The summed E-state index contributed by atoms with van der Waals surface area (Å²) in [4.78, 5) is 22.5. The second kappa shape index (κ2) is 4.66. The molecule has 0 saturated carbocycles. The highest BCUT2D eigenvalue weighted by Gasteiger charge is 2.09. The highest BCUT2D eigenvalue weighted by atomic mass is 16.4. The Morgan fingerprint density at radius 1 is 1.56 bits per heavy atom. The molecule has 1 atom stereocenters. The van der Waals surface area contributed by atoms with Gasteiger partial charge >= 0.3 is 5.76 Å². The number of amides is 1. The first-order valence-electron chi connectivity index (χ1n) is 5.53. The third kappa shape index (κ3) is 2.28. The Balaban J connectivity index is 2.22. The van der Waals surface area contributed by atoms with Crippen LogP contribution < -0.4 is 11.1 Å². The number of aliphatic hydroxyl groups is 1. The molecule has 0 fully saturated rings. The minimum atomic E-state index is -1.04. The monoisotopic (exact) mass is 250 g/mol. The van der Waals surface area contributed by atoms with Gasteiger partial charge in [-0.05, 0) is 24.6 Å². The molecule has 0 aliphatic carbocycles. The number of carbonyl (C=O) groups excluding carboxylic acids is 1. The lowest BCUT2D eigenvalue weighted by atomic mass is 10.2. The number of hydrogen-bond acceptors (Lipinski definition) is 4. The molecule has 6 nitrogen and oxygen atoms in total. The first-order valence-corrected chi connectivity index (χ1v) is 5.53. The van der Waals surface area contributed by atoms with E-state index in [9.17, 15) is 9.59 Å². The molecule has 1 unspecified atom stereocenters. The largest absolute Gasteiger partial charge is 0.419 e. The standard InChI is InChI=1S/C12H14N2O4/c1-7(15)11(16)13-6-8-3-4-10-9(5-8)14(2)12(17)18-10/h3-5,7,15H,6H2,1-2H3,(H,13,16). The van der Waals surface area contributed by atoms with Gasteiger partial charge in [0.15, 0.2) is 5.58 Å². The Morgan fingerprint density at radius 3 is 2.94 bits per heavy atom. The minimum absolute atomic E-state index is 0.291. The Kier molecular flexibility index (Phi) is 3.20. The van der Waals surface area contributed by atoms with Gasteiger partial charge in [-0.3, -0.25) is 9.36 Å². The van der Waals surface area contributed by atoms with Crippen molar-refractivity contribution in [1.82, 2.24) is 9.88 Å². The van der Waals surface area contributed by atoms with Crippen LogP contribution in [0, 0.1) is 0 Å². The second-order valence-electron chi connectivity index (χ2n) is 4.12. The van der Waals surface area contributed by atoms with Crippen LogP contribution in [0.25, 0.3) is 11.1 Å². The quantitative estimate of drug-likeness (QED) is 0.810. The summed E-state index contributed by atoms with van der Waals surface area (Å²) >= 11 is 0. The Labute approximate surface area is 103 Å². The average molecular weight is 250 g/mol. The number of aromatic nitrogens is 1. The zero-order chi connectivity index (χ0) is 13.3. The van der Waals surface area contributed by atoms with Gasteiger partial charge in [0.05, 0.1) is 5.52 Å².